The van der Waals surface area contributed by atoms with E-state index in [0.717, 1.165) is 23.6 Å². The lowest BCUT2D eigenvalue weighted by Crippen LogP contribution is -2.40. The standard InChI is InChI=1S/C10H14N4O/c1-6-12-5-9-8(13-6)4-3-7(11)10(15)14(9)2/h5,7H,3-4,11H2,1-2H3/t7-/m0/s1. The Morgan fingerprint density at radius 3 is 3.07 bits per heavy atom. The van der Waals surface area contributed by atoms with Crippen molar-refractivity contribution in [3.8, 4) is 0 Å². The number of hydrogen-bond donors (Lipinski definition) is 1. The Morgan fingerprint density at radius 1 is 1.60 bits per heavy atom. The molecule has 1 aliphatic rings. The van der Waals surface area contributed by atoms with Gasteiger partial charge in [-0.1, -0.05) is 0 Å². The zero-order chi connectivity index (χ0) is 11.0. The largest absolute Gasteiger partial charge is 0.320 e. The summed E-state index contributed by atoms with van der Waals surface area (Å²) in [5.74, 6) is 0.659. The number of fused-ring (bicyclic) bond motifs is 1. The summed E-state index contributed by atoms with van der Waals surface area (Å²) in [7, 11) is 1.71. The van der Waals surface area contributed by atoms with Gasteiger partial charge in [-0.15, -0.1) is 0 Å². The summed E-state index contributed by atoms with van der Waals surface area (Å²) in [5.41, 5.74) is 7.43. The Hall–Kier alpha value is -1.49. The number of nitrogens with two attached hydrogens (primary N) is 1. The van der Waals surface area contributed by atoms with E-state index in [4.69, 9.17) is 5.73 Å². The van der Waals surface area contributed by atoms with Gasteiger partial charge in [0.05, 0.1) is 23.6 Å². The van der Waals surface area contributed by atoms with Crippen LogP contribution in [-0.4, -0.2) is 29.0 Å². The first kappa shape index (κ1) is 10.0. The summed E-state index contributed by atoms with van der Waals surface area (Å²) in [4.78, 5) is 21.7. The summed E-state index contributed by atoms with van der Waals surface area (Å²) in [6, 6.07) is -0.426. The van der Waals surface area contributed by atoms with Crippen LogP contribution in [0.15, 0.2) is 6.20 Å². The van der Waals surface area contributed by atoms with Crippen LogP contribution in [0.2, 0.25) is 0 Å². The summed E-state index contributed by atoms with van der Waals surface area (Å²) >= 11 is 0. The van der Waals surface area contributed by atoms with Gasteiger partial charge in [0.1, 0.15) is 5.82 Å². The minimum atomic E-state index is -0.426. The summed E-state index contributed by atoms with van der Waals surface area (Å²) < 4.78 is 0. The number of likely N-dealkylation sites (N-methyl/N-ethyl adjacent to an activating group) is 1. The number of carbonyl (C=O) groups is 1. The number of hydrogen-bond acceptors (Lipinski definition) is 4. The second-order valence-corrected chi connectivity index (χ2v) is 3.79. The molecule has 0 bridgehead atoms. The Morgan fingerprint density at radius 2 is 2.33 bits per heavy atom. The number of nitrogens with zero attached hydrogens (tertiary/aromatic N) is 3. The number of aromatic nitrogens is 2. The predicted octanol–water partition coefficient (Wildman–Crippen LogP) is 0.0213. The van der Waals surface area contributed by atoms with E-state index in [-0.39, 0.29) is 5.91 Å². The minimum absolute atomic E-state index is 0.0683. The highest BCUT2D eigenvalue weighted by Gasteiger charge is 2.26. The first-order valence-corrected chi connectivity index (χ1v) is 4.95. The van der Waals surface area contributed by atoms with Crippen molar-refractivity contribution in [3.63, 3.8) is 0 Å². The molecule has 0 spiro atoms. The highest BCUT2D eigenvalue weighted by molar-refractivity contribution is 5.97. The molecule has 0 aromatic carbocycles. The fourth-order valence-corrected chi connectivity index (χ4v) is 1.76. The molecule has 5 heteroatoms. The maximum Gasteiger partial charge on any atom is 0.243 e. The predicted molar refractivity (Wildman–Crippen MR) is 56.5 cm³/mol. The van der Waals surface area contributed by atoms with Gasteiger partial charge in [-0.05, 0) is 19.8 Å². The quantitative estimate of drug-likeness (QED) is 0.649. The second kappa shape index (κ2) is 3.58. The zero-order valence-corrected chi connectivity index (χ0v) is 8.90. The fourth-order valence-electron chi connectivity index (χ4n) is 1.76. The van der Waals surface area contributed by atoms with Gasteiger partial charge in [0.25, 0.3) is 0 Å². The molecule has 1 aromatic heterocycles. The Kier molecular flexibility index (Phi) is 2.40. The van der Waals surface area contributed by atoms with E-state index in [1.54, 1.807) is 18.1 Å². The molecule has 1 amide bonds. The third-order valence-electron chi connectivity index (χ3n) is 2.67. The van der Waals surface area contributed by atoms with E-state index in [2.05, 4.69) is 9.97 Å². The molecule has 0 aliphatic carbocycles. The van der Waals surface area contributed by atoms with Crippen molar-refractivity contribution in [2.24, 2.45) is 5.73 Å². The second-order valence-electron chi connectivity index (χ2n) is 3.79. The normalized spacial score (nSPS) is 21.1. The maximum absolute atomic E-state index is 11.7. The van der Waals surface area contributed by atoms with Crippen molar-refractivity contribution in [2.75, 3.05) is 11.9 Å². The van der Waals surface area contributed by atoms with Gasteiger partial charge in [-0.25, -0.2) is 9.97 Å². The molecule has 0 saturated carbocycles. The summed E-state index contributed by atoms with van der Waals surface area (Å²) in [6.07, 6.45) is 3.07. The number of carbonyl (C=O) groups excluding carboxylic acids is 1. The molecule has 1 aromatic rings. The number of rotatable bonds is 0. The van der Waals surface area contributed by atoms with Crippen molar-refractivity contribution >= 4 is 11.6 Å². The van der Waals surface area contributed by atoms with E-state index < -0.39 is 6.04 Å². The van der Waals surface area contributed by atoms with Crippen molar-refractivity contribution < 1.29 is 4.79 Å². The van der Waals surface area contributed by atoms with Crippen LogP contribution in [0.4, 0.5) is 5.69 Å². The lowest BCUT2D eigenvalue weighted by Gasteiger charge is -2.18. The molecule has 2 rings (SSSR count). The van der Waals surface area contributed by atoms with Crippen molar-refractivity contribution in [1.29, 1.82) is 0 Å². The SMILES string of the molecule is Cc1ncc2c(n1)CC[C@H](N)C(=O)N2C. The van der Waals surface area contributed by atoms with Gasteiger partial charge >= 0.3 is 0 Å². The molecule has 0 unspecified atom stereocenters. The zero-order valence-electron chi connectivity index (χ0n) is 8.90. The van der Waals surface area contributed by atoms with Gasteiger partial charge in [0, 0.05) is 7.05 Å². The molecular weight excluding hydrogens is 192 g/mol. The van der Waals surface area contributed by atoms with Gasteiger partial charge in [-0.3, -0.25) is 4.79 Å². The third kappa shape index (κ3) is 1.70. The monoisotopic (exact) mass is 206 g/mol. The van der Waals surface area contributed by atoms with E-state index >= 15 is 0 Å². The van der Waals surface area contributed by atoms with Crippen LogP contribution in [0, 0.1) is 6.92 Å². The molecule has 2 heterocycles. The maximum atomic E-state index is 11.7. The molecule has 2 N–H and O–H groups in total. The molecule has 0 saturated heterocycles. The topological polar surface area (TPSA) is 72.1 Å². The van der Waals surface area contributed by atoms with E-state index in [1.807, 2.05) is 6.92 Å². The molecule has 80 valence electrons. The molecular formula is C10H14N4O. The van der Waals surface area contributed by atoms with Gasteiger partial charge in [0.2, 0.25) is 5.91 Å². The van der Waals surface area contributed by atoms with Crippen LogP contribution in [0.5, 0.6) is 0 Å². The minimum Gasteiger partial charge on any atom is -0.320 e. The van der Waals surface area contributed by atoms with Crippen LogP contribution in [0.3, 0.4) is 0 Å². The average Bonchev–Trinajstić information content (AvgIpc) is 2.32. The highest BCUT2D eigenvalue weighted by atomic mass is 16.2. The van der Waals surface area contributed by atoms with Crippen LogP contribution in [0.1, 0.15) is 17.9 Å². The van der Waals surface area contributed by atoms with Gasteiger partial charge in [-0.2, -0.15) is 0 Å². The lowest BCUT2D eigenvalue weighted by atomic mass is 10.1. The molecule has 5 nitrogen and oxygen atoms in total. The van der Waals surface area contributed by atoms with E-state index in [1.165, 1.54) is 0 Å². The number of amides is 1. The fraction of sp³-hybridized carbons (Fsp3) is 0.500. The summed E-state index contributed by atoms with van der Waals surface area (Å²) in [5, 5.41) is 0. The van der Waals surface area contributed by atoms with E-state index in [9.17, 15) is 4.79 Å². The Labute approximate surface area is 88.3 Å². The molecule has 1 aliphatic heterocycles. The number of aryl methyl sites for hydroxylation is 2. The molecule has 0 radical (unpaired) electrons. The van der Waals surface area contributed by atoms with Crippen molar-refractivity contribution in [2.45, 2.75) is 25.8 Å². The van der Waals surface area contributed by atoms with Crippen LogP contribution < -0.4 is 10.6 Å². The average molecular weight is 206 g/mol. The highest BCUT2D eigenvalue weighted by Crippen LogP contribution is 2.22. The van der Waals surface area contributed by atoms with Gasteiger partial charge in [0.15, 0.2) is 0 Å². The lowest BCUT2D eigenvalue weighted by molar-refractivity contribution is -0.119. The smallest absolute Gasteiger partial charge is 0.243 e. The van der Waals surface area contributed by atoms with Crippen molar-refractivity contribution in [3.05, 3.63) is 17.7 Å². The molecule has 15 heavy (non-hydrogen) atoms. The van der Waals surface area contributed by atoms with Crippen LogP contribution in [-0.2, 0) is 11.2 Å². The molecule has 0 fully saturated rings. The first-order valence-electron chi connectivity index (χ1n) is 4.95. The van der Waals surface area contributed by atoms with Crippen LogP contribution in [0.25, 0.3) is 0 Å². The Balaban J connectivity index is 2.47. The third-order valence-corrected chi connectivity index (χ3v) is 2.67. The van der Waals surface area contributed by atoms with Crippen molar-refractivity contribution in [1.82, 2.24) is 9.97 Å². The number of anilines is 1. The van der Waals surface area contributed by atoms with E-state index in [0.29, 0.717) is 6.42 Å². The first-order chi connectivity index (χ1) is 7.09. The molecule has 1 atom stereocenters. The summed E-state index contributed by atoms with van der Waals surface area (Å²) in [6.45, 7) is 1.84. The van der Waals surface area contributed by atoms with Gasteiger partial charge < -0.3 is 10.6 Å². The Bertz CT molecular complexity index is 404. The van der Waals surface area contributed by atoms with Crippen LogP contribution >= 0.6 is 0 Å².